The Labute approximate surface area is 94.2 Å². The maximum absolute atomic E-state index is 11.8. The molecule has 2 rings (SSSR count). The zero-order chi connectivity index (χ0) is 11.5. The Hall–Kier alpha value is -1.10. The summed E-state index contributed by atoms with van der Waals surface area (Å²) in [5.41, 5.74) is 0. The lowest BCUT2D eigenvalue weighted by molar-refractivity contribution is -0.148. The van der Waals surface area contributed by atoms with Gasteiger partial charge in [0.1, 0.15) is 0 Å². The molecule has 5 nitrogen and oxygen atoms in total. The lowest BCUT2D eigenvalue weighted by Gasteiger charge is -2.27. The highest BCUT2D eigenvalue weighted by Gasteiger charge is 2.36. The van der Waals surface area contributed by atoms with Gasteiger partial charge in [-0.05, 0) is 12.8 Å². The summed E-state index contributed by atoms with van der Waals surface area (Å²) in [5, 5.41) is 11.8. The van der Waals surface area contributed by atoms with E-state index in [1.165, 1.54) is 0 Å². The number of rotatable bonds is 4. The van der Waals surface area contributed by atoms with E-state index in [-0.39, 0.29) is 17.9 Å². The van der Waals surface area contributed by atoms with Crippen molar-refractivity contribution < 1.29 is 19.4 Å². The fourth-order valence-electron chi connectivity index (χ4n) is 2.27. The SMILES string of the molecule is O=C(NC[C@H]1CO1)[C@H]1CCCC[C@H]1C(=O)O. The van der Waals surface area contributed by atoms with Gasteiger partial charge >= 0.3 is 5.97 Å². The van der Waals surface area contributed by atoms with E-state index >= 15 is 0 Å². The molecule has 1 saturated heterocycles. The Bertz CT molecular complexity index is 288. The van der Waals surface area contributed by atoms with Crippen molar-refractivity contribution in [3.8, 4) is 0 Å². The molecule has 1 aliphatic heterocycles. The third-order valence-corrected chi connectivity index (χ3v) is 3.33. The van der Waals surface area contributed by atoms with Crippen LogP contribution < -0.4 is 5.32 Å². The molecule has 2 fully saturated rings. The molecule has 5 heteroatoms. The van der Waals surface area contributed by atoms with Crippen molar-refractivity contribution in [2.45, 2.75) is 31.8 Å². The summed E-state index contributed by atoms with van der Waals surface area (Å²) in [6.45, 7) is 1.22. The number of hydrogen-bond acceptors (Lipinski definition) is 3. The first-order valence-corrected chi connectivity index (χ1v) is 5.80. The number of ether oxygens (including phenoxy) is 1. The molecule has 1 heterocycles. The van der Waals surface area contributed by atoms with Crippen LogP contribution in [0.25, 0.3) is 0 Å². The summed E-state index contributed by atoms with van der Waals surface area (Å²) in [5.74, 6) is -1.83. The van der Waals surface area contributed by atoms with E-state index in [0.29, 0.717) is 26.0 Å². The summed E-state index contributed by atoms with van der Waals surface area (Å²) >= 11 is 0. The maximum atomic E-state index is 11.8. The first-order valence-electron chi connectivity index (χ1n) is 5.80. The van der Waals surface area contributed by atoms with Crippen LogP contribution in [0.1, 0.15) is 25.7 Å². The number of carbonyl (C=O) groups excluding carboxylic acids is 1. The van der Waals surface area contributed by atoms with E-state index in [4.69, 9.17) is 9.84 Å². The lowest BCUT2D eigenvalue weighted by Crippen LogP contribution is -2.40. The van der Waals surface area contributed by atoms with Crippen LogP contribution in [0.15, 0.2) is 0 Å². The van der Waals surface area contributed by atoms with Crippen LogP contribution in [-0.4, -0.2) is 36.2 Å². The Morgan fingerprint density at radius 2 is 1.88 bits per heavy atom. The van der Waals surface area contributed by atoms with Crippen LogP contribution in [0.4, 0.5) is 0 Å². The molecule has 0 spiro atoms. The summed E-state index contributed by atoms with van der Waals surface area (Å²) in [6.07, 6.45) is 3.31. The van der Waals surface area contributed by atoms with Gasteiger partial charge in [-0.2, -0.15) is 0 Å². The molecule has 1 amide bonds. The third kappa shape index (κ3) is 2.72. The van der Waals surface area contributed by atoms with Crippen LogP contribution >= 0.6 is 0 Å². The second kappa shape index (κ2) is 4.82. The molecule has 0 radical (unpaired) electrons. The van der Waals surface area contributed by atoms with Gasteiger partial charge in [-0.25, -0.2) is 0 Å². The number of epoxide rings is 1. The van der Waals surface area contributed by atoms with Gasteiger partial charge in [0.05, 0.1) is 24.5 Å². The van der Waals surface area contributed by atoms with Gasteiger partial charge < -0.3 is 15.2 Å². The van der Waals surface area contributed by atoms with Gasteiger partial charge in [0.2, 0.25) is 5.91 Å². The second-order valence-electron chi connectivity index (χ2n) is 4.54. The fourth-order valence-corrected chi connectivity index (χ4v) is 2.27. The van der Waals surface area contributed by atoms with Crippen molar-refractivity contribution in [2.24, 2.45) is 11.8 Å². The molecule has 90 valence electrons. The molecule has 16 heavy (non-hydrogen) atoms. The largest absolute Gasteiger partial charge is 0.481 e. The third-order valence-electron chi connectivity index (χ3n) is 3.33. The van der Waals surface area contributed by atoms with Crippen molar-refractivity contribution in [2.75, 3.05) is 13.2 Å². The van der Waals surface area contributed by atoms with Gasteiger partial charge in [-0.1, -0.05) is 12.8 Å². The van der Waals surface area contributed by atoms with E-state index in [1.807, 2.05) is 0 Å². The van der Waals surface area contributed by atoms with Crippen LogP contribution in [0.5, 0.6) is 0 Å². The smallest absolute Gasteiger partial charge is 0.307 e. The minimum absolute atomic E-state index is 0.123. The number of amides is 1. The molecule has 2 N–H and O–H groups in total. The predicted molar refractivity (Wildman–Crippen MR) is 55.8 cm³/mol. The van der Waals surface area contributed by atoms with Crippen molar-refractivity contribution in [3.63, 3.8) is 0 Å². The number of carboxylic acid groups (broad SMARTS) is 1. The van der Waals surface area contributed by atoms with Gasteiger partial charge in [0.25, 0.3) is 0 Å². The number of carbonyl (C=O) groups is 2. The first-order chi connectivity index (χ1) is 7.68. The molecular formula is C11H17NO4. The van der Waals surface area contributed by atoms with Gasteiger partial charge in [0.15, 0.2) is 0 Å². The number of carboxylic acids is 1. The van der Waals surface area contributed by atoms with E-state index < -0.39 is 11.9 Å². The van der Waals surface area contributed by atoms with E-state index in [9.17, 15) is 9.59 Å². The Balaban J connectivity index is 1.87. The molecular weight excluding hydrogens is 210 g/mol. The molecule has 0 unspecified atom stereocenters. The Morgan fingerprint density at radius 1 is 1.25 bits per heavy atom. The van der Waals surface area contributed by atoms with Gasteiger partial charge in [-0.3, -0.25) is 9.59 Å². The zero-order valence-electron chi connectivity index (χ0n) is 9.15. The van der Waals surface area contributed by atoms with Crippen molar-refractivity contribution >= 4 is 11.9 Å². The quantitative estimate of drug-likeness (QED) is 0.681. The monoisotopic (exact) mass is 227 g/mol. The van der Waals surface area contributed by atoms with E-state index in [0.717, 1.165) is 12.8 Å². The molecule has 0 aromatic heterocycles. The van der Waals surface area contributed by atoms with Crippen molar-refractivity contribution in [1.29, 1.82) is 0 Å². The lowest BCUT2D eigenvalue weighted by atomic mass is 9.79. The zero-order valence-corrected chi connectivity index (χ0v) is 9.15. The minimum Gasteiger partial charge on any atom is -0.481 e. The number of nitrogens with one attached hydrogen (secondary N) is 1. The molecule has 3 atom stereocenters. The standard InChI is InChI=1S/C11H17NO4/c13-10(12-5-7-6-16-7)8-3-1-2-4-9(8)11(14)15/h7-9H,1-6H2,(H,12,13)(H,14,15)/t7-,8-,9+/m0/s1. The molecule has 0 bridgehead atoms. The molecule has 0 aromatic carbocycles. The van der Waals surface area contributed by atoms with Gasteiger partial charge in [0, 0.05) is 6.54 Å². The van der Waals surface area contributed by atoms with Crippen LogP contribution in [0.2, 0.25) is 0 Å². The number of hydrogen-bond donors (Lipinski definition) is 2. The molecule has 2 aliphatic rings. The average Bonchev–Trinajstić information content (AvgIpc) is 3.09. The van der Waals surface area contributed by atoms with Crippen molar-refractivity contribution in [3.05, 3.63) is 0 Å². The highest BCUT2D eigenvalue weighted by Crippen LogP contribution is 2.30. The highest BCUT2D eigenvalue weighted by atomic mass is 16.6. The summed E-state index contributed by atoms with van der Waals surface area (Å²) in [7, 11) is 0. The van der Waals surface area contributed by atoms with Crippen LogP contribution in [0, 0.1) is 11.8 Å². The maximum Gasteiger partial charge on any atom is 0.307 e. The topological polar surface area (TPSA) is 78.9 Å². The summed E-state index contributed by atoms with van der Waals surface area (Å²) in [4.78, 5) is 22.8. The summed E-state index contributed by atoms with van der Waals surface area (Å²) in [6, 6.07) is 0. The molecule has 0 aromatic rings. The first kappa shape index (κ1) is 11.4. The Kier molecular flexibility index (Phi) is 3.43. The molecule has 1 aliphatic carbocycles. The molecule has 1 saturated carbocycles. The predicted octanol–water partition coefficient (Wildman–Crippen LogP) is 0.392. The normalized spacial score (nSPS) is 33.1. The average molecular weight is 227 g/mol. The number of aliphatic carboxylic acids is 1. The van der Waals surface area contributed by atoms with Crippen LogP contribution in [0.3, 0.4) is 0 Å². The fraction of sp³-hybridized carbons (Fsp3) is 0.818. The highest BCUT2D eigenvalue weighted by molar-refractivity contribution is 5.84. The minimum atomic E-state index is -0.845. The Morgan fingerprint density at radius 3 is 2.44 bits per heavy atom. The summed E-state index contributed by atoms with van der Waals surface area (Å²) < 4.78 is 4.99. The van der Waals surface area contributed by atoms with Gasteiger partial charge in [-0.15, -0.1) is 0 Å². The van der Waals surface area contributed by atoms with Crippen molar-refractivity contribution in [1.82, 2.24) is 5.32 Å². The van der Waals surface area contributed by atoms with Crippen LogP contribution in [-0.2, 0) is 14.3 Å². The van der Waals surface area contributed by atoms with E-state index in [2.05, 4.69) is 5.32 Å². The second-order valence-corrected chi connectivity index (χ2v) is 4.54. The van der Waals surface area contributed by atoms with E-state index in [1.54, 1.807) is 0 Å².